The molecule has 8 aromatic carbocycles. The van der Waals surface area contributed by atoms with Crippen LogP contribution in [-0.2, 0) is 0 Å². The molecular formula is C52H32N2S2. The van der Waals surface area contributed by atoms with Crippen LogP contribution >= 0.6 is 22.7 Å². The van der Waals surface area contributed by atoms with Crippen molar-refractivity contribution >= 4 is 63.0 Å². The molecule has 11 aromatic rings. The summed E-state index contributed by atoms with van der Waals surface area (Å²) in [6.07, 6.45) is 0. The van der Waals surface area contributed by atoms with Crippen molar-refractivity contribution in [2.24, 2.45) is 0 Å². The van der Waals surface area contributed by atoms with Crippen LogP contribution in [0.5, 0.6) is 0 Å². The molecule has 2 nitrogen and oxygen atoms in total. The lowest BCUT2D eigenvalue weighted by Crippen LogP contribution is -1.97. The monoisotopic (exact) mass is 748 g/mol. The van der Waals surface area contributed by atoms with E-state index in [0.29, 0.717) is 5.82 Å². The van der Waals surface area contributed by atoms with Crippen molar-refractivity contribution in [3.8, 4) is 67.3 Å². The molecule has 0 aliphatic carbocycles. The highest BCUT2D eigenvalue weighted by molar-refractivity contribution is 7.26. The van der Waals surface area contributed by atoms with Gasteiger partial charge in [0.1, 0.15) is 0 Å². The Kier molecular flexibility index (Phi) is 7.90. The average Bonchev–Trinajstić information content (AvgIpc) is 3.85. The molecule has 0 radical (unpaired) electrons. The van der Waals surface area contributed by atoms with E-state index in [-0.39, 0.29) is 0 Å². The summed E-state index contributed by atoms with van der Waals surface area (Å²) >= 11 is 3.70. The number of fused-ring (bicyclic) bond motifs is 6. The summed E-state index contributed by atoms with van der Waals surface area (Å²) in [6, 6.07) is 69.7. The van der Waals surface area contributed by atoms with Crippen molar-refractivity contribution < 1.29 is 0 Å². The Labute approximate surface area is 332 Å². The standard InChI is InChI=1S/C52H32N2S2/c1-3-14-33(15-4-1)36-28-37(35-26-27-50-45(31-35)42-21-10-11-24-48(42)55-50)30-38(29-36)46-32-47(54-52(53-46)34-16-5-2-6-17-34)40-19-8-7-18-39(40)43-22-13-23-44-41-20-9-12-25-49(41)56-51(43)44/h1-32H. The Morgan fingerprint density at radius 1 is 0.286 bits per heavy atom. The highest BCUT2D eigenvalue weighted by atomic mass is 32.1. The summed E-state index contributed by atoms with van der Waals surface area (Å²) < 4.78 is 5.19. The van der Waals surface area contributed by atoms with Crippen molar-refractivity contribution in [1.29, 1.82) is 0 Å². The van der Waals surface area contributed by atoms with Gasteiger partial charge in [0.2, 0.25) is 0 Å². The Bertz CT molecular complexity index is 3250. The predicted octanol–water partition coefficient (Wildman–Crippen LogP) is 15.2. The fraction of sp³-hybridized carbons (Fsp3) is 0. The van der Waals surface area contributed by atoms with Crippen LogP contribution in [-0.4, -0.2) is 9.97 Å². The molecule has 0 aliphatic rings. The van der Waals surface area contributed by atoms with E-state index in [4.69, 9.17) is 9.97 Å². The topological polar surface area (TPSA) is 25.8 Å². The fourth-order valence-corrected chi connectivity index (χ4v) is 10.3. The van der Waals surface area contributed by atoms with Crippen molar-refractivity contribution in [3.05, 3.63) is 194 Å². The summed E-state index contributed by atoms with van der Waals surface area (Å²) in [5, 5.41) is 5.16. The zero-order chi connectivity index (χ0) is 37.0. The minimum atomic E-state index is 0.700. The van der Waals surface area contributed by atoms with Gasteiger partial charge in [-0.15, -0.1) is 22.7 Å². The maximum Gasteiger partial charge on any atom is 0.160 e. The van der Waals surface area contributed by atoms with Gasteiger partial charge in [0, 0.05) is 62.6 Å². The van der Waals surface area contributed by atoms with Gasteiger partial charge in [-0.1, -0.05) is 146 Å². The first-order chi connectivity index (χ1) is 27.7. The minimum Gasteiger partial charge on any atom is -0.228 e. The number of rotatable bonds is 6. The molecule has 0 amide bonds. The Balaban J connectivity index is 1.13. The van der Waals surface area contributed by atoms with Crippen LogP contribution in [0.1, 0.15) is 0 Å². The minimum absolute atomic E-state index is 0.700. The first kappa shape index (κ1) is 32.7. The Morgan fingerprint density at radius 2 is 0.839 bits per heavy atom. The SMILES string of the molecule is c1ccc(-c2cc(-c3ccc4sc5ccccc5c4c3)cc(-c3cc(-c4ccccc4-c4cccc5c4sc4ccccc45)nc(-c4ccccc4)n3)c2)cc1. The average molecular weight is 749 g/mol. The molecule has 0 atom stereocenters. The van der Waals surface area contributed by atoms with E-state index in [1.807, 2.05) is 28.7 Å². The van der Waals surface area contributed by atoms with Crippen LogP contribution in [0.25, 0.3) is 108 Å². The molecule has 262 valence electrons. The third-order valence-corrected chi connectivity index (χ3v) is 13.1. The number of hydrogen-bond donors (Lipinski definition) is 0. The van der Waals surface area contributed by atoms with Crippen LogP contribution < -0.4 is 0 Å². The first-order valence-electron chi connectivity index (χ1n) is 18.8. The van der Waals surface area contributed by atoms with Gasteiger partial charge in [0.15, 0.2) is 5.82 Å². The molecule has 0 unspecified atom stereocenters. The maximum atomic E-state index is 5.33. The number of aromatic nitrogens is 2. The molecule has 11 rings (SSSR count). The highest BCUT2D eigenvalue weighted by Crippen LogP contribution is 2.44. The van der Waals surface area contributed by atoms with E-state index >= 15 is 0 Å². The van der Waals surface area contributed by atoms with E-state index in [0.717, 1.165) is 50.3 Å². The molecule has 0 bridgehead atoms. The molecule has 4 heteroatoms. The zero-order valence-corrected chi connectivity index (χ0v) is 31.8. The number of benzene rings is 8. The Hall–Kier alpha value is -6.72. The van der Waals surface area contributed by atoms with E-state index in [9.17, 15) is 0 Å². The number of nitrogens with zero attached hydrogens (tertiary/aromatic N) is 2. The molecule has 3 aromatic heterocycles. The van der Waals surface area contributed by atoms with E-state index in [2.05, 4.69) is 188 Å². The zero-order valence-electron chi connectivity index (χ0n) is 30.2. The fourth-order valence-electron chi connectivity index (χ4n) is 8.00. The summed E-state index contributed by atoms with van der Waals surface area (Å²) in [5.74, 6) is 0.700. The summed E-state index contributed by atoms with van der Waals surface area (Å²) in [6.45, 7) is 0. The lowest BCUT2D eigenvalue weighted by atomic mass is 9.93. The van der Waals surface area contributed by atoms with Crippen LogP contribution in [0, 0.1) is 0 Å². The summed E-state index contributed by atoms with van der Waals surface area (Å²) in [7, 11) is 0. The summed E-state index contributed by atoms with van der Waals surface area (Å²) in [5.41, 5.74) is 11.9. The lowest BCUT2D eigenvalue weighted by molar-refractivity contribution is 1.18. The van der Waals surface area contributed by atoms with E-state index in [1.54, 1.807) is 0 Å². The van der Waals surface area contributed by atoms with Gasteiger partial charge in [-0.25, -0.2) is 9.97 Å². The van der Waals surface area contributed by atoms with E-state index < -0.39 is 0 Å². The predicted molar refractivity (Wildman–Crippen MR) is 240 cm³/mol. The molecule has 0 aliphatic heterocycles. The van der Waals surface area contributed by atoms with Gasteiger partial charge in [0.05, 0.1) is 11.4 Å². The second-order valence-corrected chi connectivity index (χ2v) is 16.3. The first-order valence-corrected chi connectivity index (χ1v) is 20.4. The van der Waals surface area contributed by atoms with Gasteiger partial charge in [-0.3, -0.25) is 0 Å². The van der Waals surface area contributed by atoms with Gasteiger partial charge >= 0.3 is 0 Å². The normalized spacial score (nSPS) is 11.6. The molecule has 0 fully saturated rings. The summed E-state index contributed by atoms with van der Waals surface area (Å²) in [4.78, 5) is 10.6. The van der Waals surface area contributed by atoms with Crippen molar-refractivity contribution in [2.45, 2.75) is 0 Å². The van der Waals surface area contributed by atoms with Crippen molar-refractivity contribution in [1.82, 2.24) is 9.97 Å². The second kappa shape index (κ2) is 13.5. The maximum absolute atomic E-state index is 5.33. The van der Waals surface area contributed by atoms with Crippen LogP contribution in [0.2, 0.25) is 0 Å². The highest BCUT2D eigenvalue weighted by Gasteiger charge is 2.18. The molecule has 56 heavy (non-hydrogen) atoms. The molecule has 0 spiro atoms. The second-order valence-electron chi connectivity index (χ2n) is 14.1. The lowest BCUT2D eigenvalue weighted by Gasteiger charge is -2.15. The van der Waals surface area contributed by atoms with Crippen LogP contribution in [0.3, 0.4) is 0 Å². The van der Waals surface area contributed by atoms with Gasteiger partial charge in [-0.05, 0) is 76.3 Å². The third kappa shape index (κ3) is 5.70. The van der Waals surface area contributed by atoms with Crippen molar-refractivity contribution in [3.63, 3.8) is 0 Å². The van der Waals surface area contributed by atoms with Crippen LogP contribution in [0.4, 0.5) is 0 Å². The quantitative estimate of drug-likeness (QED) is 0.169. The molecule has 0 saturated carbocycles. The molecule has 0 N–H and O–H groups in total. The van der Waals surface area contributed by atoms with Gasteiger partial charge in [-0.2, -0.15) is 0 Å². The largest absolute Gasteiger partial charge is 0.228 e. The van der Waals surface area contributed by atoms with E-state index in [1.165, 1.54) is 51.5 Å². The molecular weight excluding hydrogens is 717 g/mol. The van der Waals surface area contributed by atoms with Gasteiger partial charge < -0.3 is 0 Å². The van der Waals surface area contributed by atoms with Crippen molar-refractivity contribution in [2.75, 3.05) is 0 Å². The third-order valence-electron chi connectivity index (χ3n) is 10.7. The van der Waals surface area contributed by atoms with Crippen LogP contribution in [0.15, 0.2) is 194 Å². The Morgan fingerprint density at radius 3 is 1.62 bits per heavy atom. The molecule has 0 saturated heterocycles. The number of thiophene rings is 2. The number of hydrogen-bond acceptors (Lipinski definition) is 4. The molecule has 3 heterocycles. The van der Waals surface area contributed by atoms with Gasteiger partial charge in [0.25, 0.3) is 0 Å². The smallest absolute Gasteiger partial charge is 0.160 e.